The Morgan fingerprint density at radius 1 is 1.17 bits per heavy atom. The average molecular weight is 243 g/mol. The van der Waals surface area contributed by atoms with Crippen LogP contribution in [0.2, 0.25) is 0 Å². The van der Waals surface area contributed by atoms with Gasteiger partial charge in [0.25, 0.3) is 0 Å². The highest BCUT2D eigenvalue weighted by Crippen LogP contribution is 2.35. The van der Waals surface area contributed by atoms with Gasteiger partial charge in [-0.1, -0.05) is 37.5 Å². The van der Waals surface area contributed by atoms with Crippen LogP contribution in [0, 0.1) is 0 Å². The van der Waals surface area contributed by atoms with E-state index in [1.54, 1.807) is 0 Å². The quantitative estimate of drug-likeness (QED) is 0.845. The van der Waals surface area contributed by atoms with Gasteiger partial charge in [-0.15, -0.1) is 10.2 Å². The van der Waals surface area contributed by atoms with Gasteiger partial charge in [-0.2, -0.15) is 5.21 Å². The van der Waals surface area contributed by atoms with Crippen molar-refractivity contribution in [3.63, 3.8) is 0 Å². The SMILES string of the molecule is NC1(c2cccc(-c3nn[nH]n3)c2)CCCCC1. The number of nitrogens with zero attached hydrogens (tertiary/aromatic N) is 3. The van der Waals surface area contributed by atoms with Gasteiger partial charge in [0.1, 0.15) is 0 Å². The molecule has 1 aromatic carbocycles. The summed E-state index contributed by atoms with van der Waals surface area (Å²) in [6.45, 7) is 0. The van der Waals surface area contributed by atoms with Crippen molar-refractivity contribution in [1.29, 1.82) is 0 Å². The van der Waals surface area contributed by atoms with Gasteiger partial charge in [0.15, 0.2) is 0 Å². The predicted octanol–water partition coefficient (Wildman–Crippen LogP) is 1.98. The van der Waals surface area contributed by atoms with Crippen LogP contribution in [0.3, 0.4) is 0 Å². The standard InChI is InChI=1S/C13H17N5/c14-13(7-2-1-3-8-13)11-6-4-5-10(9-11)12-15-17-18-16-12/h4-6,9H,1-3,7-8,14H2,(H,15,16,17,18). The Kier molecular flexibility index (Phi) is 2.83. The highest BCUT2D eigenvalue weighted by atomic mass is 15.5. The summed E-state index contributed by atoms with van der Waals surface area (Å²) in [4.78, 5) is 0. The third-order valence-electron chi connectivity index (χ3n) is 3.79. The molecule has 5 nitrogen and oxygen atoms in total. The number of aromatic amines is 1. The highest BCUT2D eigenvalue weighted by Gasteiger charge is 2.29. The summed E-state index contributed by atoms with van der Waals surface area (Å²) >= 11 is 0. The first-order valence-electron chi connectivity index (χ1n) is 6.41. The molecule has 0 radical (unpaired) electrons. The van der Waals surface area contributed by atoms with Crippen LogP contribution in [0.5, 0.6) is 0 Å². The van der Waals surface area contributed by atoms with Gasteiger partial charge < -0.3 is 5.73 Å². The fourth-order valence-electron chi connectivity index (χ4n) is 2.72. The highest BCUT2D eigenvalue weighted by molar-refractivity contribution is 5.55. The molecule has 1 fully saturated rings. The Labute approximate surface area is 106 Å². The molecule has 0 amide bonds. The number of hydrogen-bond acceptors (Lipinski definition) is 4. The van der Waals surface area contributed by atoms with Crippen LogP contribution < -0.4 is 5.73 Å². The van der Waals surface area contributed by atoms with Crippen LogP contribution in [0.4, 0.5) is 0 Å². The lowest BCUT2D eigenvalue weighted by Gasteiger charge is -2.34. The van der Waals surface area contributed by atoms with Crippen LogP contribution in [0.25, 0.3) is 11.4 Å². The molecule has 1 aliphatic carbocycles. The van der Waals surface area contributed by atoms with Crippen LogP contribution in [0.1, 0.15) is 37.7 Å². The van der Waals surface area contributed by atoms with E-state index in [-0.39, 0.29) is 5.54 Å². The first kappa shape index (κ1) is 11.3. The van der Waals surface area contributed by atoms with Crippen molar-refractivity contribution in [1.82, 2.24) is 20.6 Å². The van der Waals surface area contributed by atoms with Gasteiger partial charge in [0.05, 0.1) is 0 Å². The summed E-state index contributed by atoms with van der Waals surface area (Å²) in [5.74, 6) is 0.622. The van der Waals surface area contributed by atoms with E-state index in [0.717, 1.165) is 18.4 Å². The number of nitrogens with two attached hydrogens (primary N) is 1. The Bertz CT molecular complexity index is 514. The Morgan fingerprint density at radius 3 is 2.72 bits per heavy atom. The van der Waals surface area contributed by atoms with E-state index >= 15 is 0 Å². The molecular formula is C13H17N5. The van der Waals surface area contributed by atoms with Gasteiger partial charge in [0, 0.05) is 11.1 Å². The maximum absolute atomic E-state index is 6.54. The molecule has 94 valence electrons. The number of H-pyrrole nitrogens is 1. The lowest BCUT2D eigenvalue weighted by molar-refractivity contribution is 0.302. The molecule has 5 heteroatoms. The molecule has 1 aliphatic rings. The zero-order valence-electron chi connectivity index (χ0n) is 10.3. The van der Waals surface area contributed by atoms with Gasteiger partial charge in [-0.25, -0.2) is 0 Å². The first-order chi connectivity index (χ1) is 8.78. The molecule has 0 aliphatic heterocycles. The van der Waals surface area contributed by atoms with E-state index in [1.807, 2.05) is 12.1 Å². The molecule has 0 atom stereocenters. The molecule has 0 bridgehead atoms. The summed E-state index contributed by atoms with van der Waals surface area (Å²) in [5, 5.41) is 14.1. The molecule has 1 aromatic heterocycles. The number of aromatic nitrogens is 4. The van der Waals surface area contributed by atoms with Crippen molar-refractivity contribution in [2.75, 3.05) is 0 Å². The van der Waals surface area contributed by atoms with E-state index in [2.05, 4.69) is 32.8 Å². The van der Waals surface area contributed by atoms with Gasteiger partial charge in [0.2, 0.25) is 5.82 Å². The summed E-state index contributed by atoms with van der Waals surface area (Å²) in [7, 11) is 0. The van der Waals surface area contributed by atoms with Gasteiger partial charge in [-0.05, 0) is 29.7 Å². The summed E-state index contributed by atoms with van der Waals surface area (Å²) in [5.41, 5.74) is 8.51. The second-order valence-electron chi connectivity index (χ2n) is 5.03. The fourth-order valence-corrected chi connectivity index (χ4v) is 2.72. The van der Waals surface area contributed by atoms with Crippen LogP contribution in [-0.4, -0.2) is 20.6 Å². The Balaban J connectivity index is 1.95. The van der Waals surface area contributed by atoms with E-state index in [1.165, 1.54) is 24.8 Å². The number of benzene rings is 1. The molecule has 3 rings (SSSR count). The number of nitrogens with one attached hydrogen (secondary N) is 1. The van der Waals surface area contributed by atoms with E-state index in [4.69, 9.17) is 5.73 Å². The normalized spacial score (nSPS) is 18.7. The summed E-state index contributed by atoms with van der Waals surface area (Å²) in [6.07, 6.45) is 5.83. The molecule has 18 heavy (non-hydrogen) atoms. The molecule has 0 saturated heterocycles. The van der Waals surface area contributed by atoms with Crippen LogP contribution >= 0.6 is 0 Å². The van der Waals surface area contributed by atoms with Crippen LogP contribution in [-0.2, 0) is 5.54 Å². The van der Waals surface area contributed by atoms with Crippen LogP contribution in [0.15, 0.2) is 24.3 Å². The minimum Gasteiger partial charge on any atom is -0.321 e. The molecular weight excluding hydrogens is 226 g/mol. The predicted molar refractivity (Wildman–Crippen MR) is 68.6 cm³/mol. The van der Waals surface area contributed by atoms with Crippen molar-refractivity contribution >= 4 is 0 Å². The van der Waals surface area contributed by atoms with Gasteiger partial charge >= 0.3 is 0 Å². The lowest BCUT2D eigenvalue weighted by Crippen LogP contribution is -2.38. The third kappa shape index (κ3) is 2.01. The van der Waals surface area contributed by atoms with Gasteiger partial charge in [-0.3, -0.25) is 0 Å². The molecule has 2 aromatic rings. The van der Waals surface area contributed by atoms with Crippen molar-refractivity contribution in [3.05, 3.63) is 29.8 Å². The maximum Gasteiger partial charge on any atom is 0.204 e. The smallest absolute Gasteiger partial charge is 0.204 e. The Morgan fingerprint density at radius 2 is 2.00 bits per heavy atom. The van der Waals surface area contributed by atoms with E-state index < -0.39 is 0 Å². The maximum atomic E-state index is 6.54. The number of hydrogen-bond donors (Lipinski definition) is 2. The molecule has 1 saturated carbocycles. The zero-order valence-corrected chi connectivity index (χ0v) is 10.3. The molecule has 3 N–H and O–H groups in total. The molecule has 1 heterocycles. The largest absolute Gasteiger partial charge is 0.321 e. The van der Waals surface area contributed by atoms with Crippen molar-refractivity contribution in [3.8, 4) is 11.4 Å². The van der Waals surface area contributed by atoms with Crippen molar-refractivity contribution < 1.29 is 0 Å². The minimum atomic E-state index is -0.183. The average Bonchev–Trinajstić information content (AvgIpc) is 2.94. The minimum absolute atomic E-state index is 0.183. The first-order valence-corrected chi connectivity index (χ1v) is 6.41. The van der Waals surface area contributed by atoms with Crippen molar-refractivity contribution in [2.45, 2.75) is 37.6 Å². The number of tetrazole rings is 1. The zero-order chi connectivity index (χ0) is 12.4. The number of rotatable bonds is 2. The van der Waals surface area contributed by atoms with E-state index in [0.29, 0.717) is 5.82 Å². The Hall–Kier alpha value is -1.75. The topological polar surface area (TPSA) is 80.5 Å². The van der Waals surface area contributed by atoms with E-state index in [9.17, 15) is 0 Å². The second kappa shape index (κ2) is 4.49. The molecule has 0 unspecified atom stereocenters. The van der Waals surface area contributed by atoms with Crippen molar-refractivity contribution in [2.24, 2.45) is 5.73 Å². The fraction of sp³-hybridized carbons (Fsp3) is 0.462. The third-order valence-corrected chi connectivity index (χ3v) is 3.79. The summed E-state index contributed by atoms with van der Waals surface area (Å²) < 4.78 is 0. The monoisotopic (exact) mass is 243 g/mol. The lowest BCUT2D eigenvalue weighted by atomic mass is 9.77. The second-order valence-corrected chi connectivity index (χ2v) is 5.03. The molecule has 0 spiro atoms. The summed E-state index contributed by atoms with van der Waals surface area (Å²) in [6, 6.07) is 8.20.